The largest absolute Gasteiger partial charge is 0.449 e. The molecule has 2 fully saturated rings. The number of alkyl halides is 3. The van der Waals surface area contributed by atoms with Crippen molar-refractivity contribution < 1.29 is 21.6 Å². The fourth-order valence-corrected chi connectivity index (χ4v) is 6.73. The van der Waals surface area contributed by atoms with E-state index in [1.165, 1.54) is 5.56 Å². The molecule has 1 aromatic rings. The number of benzene rings is 1. The molecule has 160 valence electrons. The number of Topliss-reactive ketones (excluding diaryl/α,β-unsaturated/α-hetero) is 1. The predicted octanol–water partition coefficient (Wildman–Crippen LogP) is 5.12. The van der Waals surface area contributed by atoms with Crippen molar-refractivity contribution >= 4 is 51.0 Å². The molecule has 0 radical (unpaired) electrons. The molecule has 0 spiro atoms. The topological polar surface area (TPSA) is 69.7 Å². The Morgan fingerprint density at radius 3 is 2.66 bits per heavy atom. The first-order valence-corrected chi connectivity index (χ1v) is 12.3. The summed E-state index contributed by atoms with van der Waals surface area (Å²) in [6.45, 7) is 1.52. The molecule has 3 aliphatic rings. The summed E-state index contributed by atoms with van der Waals surface area (Å²) in [5.74, 6) is 1.98. The molecule has 3 aliphatic carbocycles. The minimum Gasteiger partial charge on any atom is -0.362 e. The second kappa shape index (κ2) is 7.56. The minimum absolute atomic E-state index is 0.157. The average Bonchev–Trinajstić information content (AvgIpc) is 2.94. The number of hydrogen-bond acceptors (Lipinski definition) is 5. The molecule has 4 rings (SSSR count). The summed E-state index contributed by atoms with van der Waals surface area (Å²) >= 11 is 16.6. The van der Waals surface area contributed by atoms with Gasteiger partial charge in [0.15, 0.2) is 0 Å². The Morgan fingerprint density at radius 2 is 1.93 bits per heavy atom. The first-order valence-electron chi connectivity index (χ1n) is 9.80. The Hall–Kier alpha value is -0.530. The molecule has 0 unspecified atom stereocenters. The van der Waals surface area contributed by atoms with E-state index in [1.807, 2.05) is 6.07 Å². The van der Waals surface area contributed by atoms with E-state index in [2.05, 4.69) is 11.1 Å². The molecule has 5 nitrogen and oxygen atoms in total. The van der Waals surface area contributed by atoms with Crippen LogP contribution in [0.15, 0.2) is 18.2 Å². The van der Waals surface area contributed by atoms with Crippen molar-refractivity contribution in [3.63, 3.8) is 0 Å². The standard InChI is InChI=1S/C20H23Cl3O5S/c1-19-9-8-15-14-5-3-13(28-29(25,26)27-11-20(21,22)23)10-12(14)2-4-16(15)17(19)6-7-18(19)24/h3,5,10,15-17H,2,4,6-9,11H2,1H3/t15-,16-,17+,19+/m1/s1. The summed E-state index contributed by atoms with van der Waals surface area (Å²) in [6.07, 6.45) is 5.45. The van der Waals surface area contributed by atoms with Gasteiger partial charge in [0.25, 0.3) is 0 Å². The van der Waals surface area contributed by atoms with Crippen LogP contribution in [0.5, 0.6) is 5.75 Å². The van der Waals surface area contributed by atoms with Gasteiger partial charge in [0.1, 0.15) is 18.1 Å². The van der Waals surface area contributed by atoms with Crippen LogP contribution in [0.2, 0.25) is 0 Å². The van der Waals surface area contributed by atoms with Crippen molar-refractivity contribution in [2.45, 2.75) is 55.2 Å². The summed E-state index contributed by atoms with van der Waals surface area (Å²) in [6, 6.07) is 5.35. The normalized spacial score (nSPS) is 31.7. The molecule has 0 heterocycles. The van der Waals surface area contributed by atoms with E-state index in [1.54, 1.807) is 12.1 Å². The number of hydrogen-bond donors (Lipinski definition) is 0. The molecule has 4 atom stereocenters. The zero-order chi connectivity index (χ0) is 21.0. The Morgan fingerprint density at radius 1 is 1.17 bits per heavy atom. The molecule has 2 saturated carbocycles. The third-order valence-corrected chi connectivity index (χ3v) is 8.10. The van der Waals surface area contributed by atoms with Crippen molar-refractivity contribution in [3.05, 3.63) is 29.3 Å². The van der Waals surface area contributed by atoms with Gasteiger partial charge in [0.2, 0.25) is 3.79 Å². The van der Waals surface area contributed by atoms with Crippen LogP contribution in [0.4, 0.5) is 0 Å². The highest BCUT2D eigenvalue weighted by atomic mass is 35.6. The van der Waals surface area contributed by atoms with Crippen molar-refractivity contribution in [2.75, 3.05) is 6.61 Å². The van der Waals surface area contributed by atoms with E-state index < -0.39 is 20.8 Å². The molecule has 0 N–H and O–H groups in total. The van der Waals surface area contributed by atoms with Gasteiger partial charge in [0, 0.05) is 11.8 Å². The first-order chi connectivity index (χ1) is 13.5. The lowest BCUT2D eigenvalue weighted by Crippen LogP contribution is -2.42. The van der Waals surface area contributed by atoms with Gasteiger partial charge in [0.05, 0.1) is 0 Å². The summed E-state index contributed by atoms with van der Waals surface area (Å²) in [7, 11) is -4.33. The molecule has 0 bridgehead atoms. The molecule has 1 aromatic carbocycles. The van der Waals surface area contributed by atoms with Gasteiger partial charge in [-0.05, 0) is 73.1 Å². The Labute approximate surface area is 186 Å². The van der Waals surface area contributed by atoms with Gasteiger partial charge in [-0.1, -0.05) is 47.8 Å². The molecule has 29 heavy (non-hydrogen) atoms. The maximum absolute atomic E-state index is 12.4. The lowest BCUT2D eigenvalue weighted by Gasteiger charge is -2.48. The highest BCUT2D eigenvalue weighted by Crippen LogP contribution is 2.59. The minimum atomic E-state index is -4.33. The van der Waals surface area contributed by atoms with Crippen molar-refractivity contribution in [1.82, 2.24) is 0 Å². The summed E-state index contributed by atoms with van der Waals surface area (Å²) in [5.41, 5.74) is 2.18. The Kier molecular flexibility index (Phi) is 5.65. The maximum Gasteiger partial charge on any atom is 0.449 e. The smallest absolute Gasteiger partial charge is 0.362 e. The molecule has 0 aliphatic heterocycles. The molecule has 0 amide bonds. The third kappa shape index (κ3) is 4.29. The highest BCUT2D eigenvalue weighted by Gasteiger charge is 2.54. The molecule has 0 aromatic heterocycles. The van der Waals surface area contributed by atoms with Crippen molar-refractivity contribution in [1.29, 1.82) is 0 Å². The second-order valence-electron chi connectivity index (χ2n) is 8.56. The van der Waals surface area contributed by atoms with Crippen LogP contribution in [0.1, 0.15) is 56.1 Å². The Balaban J connectivity index is 1.51. The van der Waals surface area contributed by atoms with Gasteiger partial charge in [-0.25, -0.2) is 4.18 Å². The lowest BCUT2D eigenvalue weighted by atomic mass is 9.55. The number of ketones is 1. The number of carbonyl (C=O) groups is 1. The van der Waals surface area contributed by atoms with E-state index in [0.717, 1.165) is 37.7 Å². The van der Waals surface area contributed by atoms with Crippen LogP contribution in [0.25, 0.3) is 0 Å². The highest BCUT2D eigenvalue weighted by molar-refractivity contribution is 7.82. The van der Waals surface area contributed by atoms with Gasteiger partial charge in [-0.3, -0.25) is 4.79 Å². The quantitative estimate of drug-likeness (QED) is 0.558. The SMILES string of the molecule is C[C@]12CC[C@@H]3c4ccc(OS(=O)(=O)OCC(Cl)(Cl)Cl)cc4CC[C@H]3[C@@H]1CCC2=O. The number of fused-ring (bicyclic) bond motifs is 5. The zero-order valence-electron chi connectivity index (χ0n) is 16.0. The van der Waals surface area contributed by atoms with E-state index >= 15 is 0 Å². The summed E-state index contributed by atoms with van der Waals surface area (Å²) < 4.78 is 31.8. The molecule has 9 heteroatoms. The number of halogens is 3. The van der Waals surface area contributed by atoms with Crippen LogP contribution in [0.3, 0.4) is 0 Å². The Bertz CT molecular complexity index is 927. The second-order valence-corrected chi connectivity index (χ2v) is 12.3. The van der Waals surface area contributed by atoms with E-state index in [4.69, 9.17) is 39.0 Å². The number of aryl methyl sites for hydroxylation is 1. The monoisotopic (exact) mass is 480 g/mol. The van der Waals surface area contributed by atoms with E-state index in [9.17, 15) is 13.2 Å². The van der Waals surface area contributed by atoms with Crippen LogP contribution in [0, 0.1) is 17.3 Å². The van der Waals surface area contributed by atoms with Crippen LogP contribution < -0.4 is 4.18 Å². The zero-order valence-corrected chi connectivity index (χ0v) is 19.1. The van der Waals surface area contributed by atoms with Crippen molar-refractivity contribution in [2.24, 2.45) is 17.3 Å². The number of rotatable bonds is 4. The summed E-state index contributed by atoms with van der Waals surface area (Å²) in [4.78, 5) is 12.4. The molecular formula is C20H23Cl3O5S. The maximum atomic E-state index is 12.4. The van der Waals surface area contributed by atoms with Gasteiger partial charge < -0.3 is 4.18 Å². The first kappa shape index (κ1) is 21.7. The fraction of sp³-hybridized carbons (Fsp3) is 0.650. The van der Waals surface area contributed by atoms with Gasteiger partial charge in [-0.2, -0.15) is 8.42 Å². The van der Waals surface area contributed by atoms with Gasteiger partial charge >= 0.3 is 10.4 Å². The fourth-order valence-electron chi connectivity index (χ4n) is 5.66. The molecular weight excluding hydrogens is 459 g/mol. The van der Waals surface area contributed by atoms with Crippen LogP contribution >= 0.6 is 34.8 Å². The van der Waals surface area contributed by atoms with Gasteiger partial charge in [-0.15, -0.1) is 0 Å². The van der Waals surface area contributed by atoms with E-state index in [-0.39, 0.29) is 11.2 Å². The van der Waals surface area contributed by atoms with Crippen LogP contribution in [-0.4, -0.2) is 24.6 Å². The van der Waals surface area contributed by atoms with Crippen molar-refractivity contribution in [3.8, 4) is 5.75 Å². The van der Waals surface area contributed by atoms with Crippen LogP contribution in [-0.2, 0) is 25.8 Å². The predicted molar refractivity (Wildman–Crippen MR) is 112 cm³/mol. The molecule has 0 saturated heterocycles. The average molecular weight is 482 g/mol. The third-order valence-electron chi connectivity index (χ3n) is 6.97. The van der Waals surface area contributed by atoms with E-state index in [0.29, 0.717) is 30.0 Å². The summed E-state index contributed by atoms with van der Waals surface area (Å²) in [5, 5.41) is 0. The lowest BCUT2D eigenvalue weighted by molar-refractivity contribution is -0.129. The number of carbonyl (C=O) groups excluding carboxylic acids is 1.